The van der Waals surface area contributed by atoms with Crippen molar-refractivity contribution < 1.29 is 4.39 Å². The predicted molar refractivity (Wildman–Crippen MR) is 74.1 cm³/mol. The molecule has 0 bridgehead atoms. The highest BCUT2D eigenvalue weighted by molar-refractivity contribution is 6.33. The summed E-state index contributed by atoms with van der Waals surface area (Å²) >= 11 is 5.97. The molecule has 19 heavy (non-hydrogen) atoms. The van der Waals surface area contributed by atoms with Crippen molar-refractivity contribution in [1.82, 2.24) is 9.97 Å². The third-order valence-electron chi connectivity index (χ3n) is 2.91. The van der Waals surface area contributed by atoms with Crippen LogP contribution in [0, 0.1) is 12.7 Å². The van der Waals surface area contributed by atoms with Gasteiger partial charge in [-0.15, -0.1) is 0 Å². The van der Waals surface area contributed by atoms with Gasteiger partial charge in [0.1, 0.15) is 11.6 Å². The van der Waals surface area contributed by atoms with Gasteiger partial charge < -0.3 is 4.98 Å². The summed E-state index contributed by atoms with van der Waals surface area (Å²) in [5, 5.41) is 0.222. The Kier molecular flexibility index (Phi) is 3.71. The Labute approximate surface area is 115 Å². The number of H-pyrrole nitrogens is 1. The van der Waals surface area contributed by atoms with Gasteiger partial charge in [0, 0.05) is 16.8 Å². The number of aromatic amines is 1. The molecular weight excluding hydrogens is 267 g/mol. The lowest BCUT2D eigenvalue weighted by molar-refractivity contribution is 0.628. The van der Waals surface area contributed by atoms with Crippen LogP contribution in [0.4, 0.5) is 4.39 Å². The summed E-state index contributed by atoms with van der Waals surface area (Å²) in [6.45, 7) is 5.65. The molecule has 100 valence electrons. The molecule has 5 heteroatoms. The SMILES string of the molecule is Cc1nc(-c2ccc(F)cc2Cl)[nH]c(=O)c1C(C)C. The quantitative estimate of drug-likeness (QED) is 0.912. The van der Waals surface area contributed by atoms with E-state index >= 15 is 0 Å². The summed E-state index contributed by atoms with van der Waals surface area (Å²) < 4.78 is 13.0. The topological polar surface area (TPSA) is 45.8 Å². The first-order valence-electron chi connectivity index (χ1n) is 5.96. The van der Waals surface area contributed by atoms with Gasteiger partial charge in [0.05, 0.1) is 5.02 Å². The zero-order chi connectivity index (χ0) is 14.2. The second-order valence-corrected chi connectivity index (χ2v) is 5.10. The zero-order valence-electron chi connectivity index (χ0n) is 10.9. The fourth-order valence-electron chi connectivity index (χ4n) is 2.08. The van der Waals surface area contributed by atoms with Gasteiger partial charge in [-0.3, -0.25) is 4.79 Å². The van der Waals surface area contributed by atoms with Gasteiger partial charge in [0.2, 0.25) is 0 Å². The second-order valence-electron chi connectivity index (χ2n) is 4.69. The van der Waals surface area contributed by atoms with E-state index in [1.165, 1.54) is 18.2 Å². The molecule has 3 nitrogen and oxygen atoms in total. The van der Waals surface area contributed by atoms with Crippen molar-refractivity contribution in [2.75, 3.05) is 0 Å². The van der Waals surface area contributed by atoms with Crippen LogP contribution in [0.1, 0.15) is 31.0 Å². The van der Waals surface area contributed by atoms with Gasteiger partial charge in [-0.1, -0.05) is 25.4 Å². The van der Waals surface area contributed by atoms with Crippen LogP contribution in [0.2, 0.25) is 5.02 Å². The fraction of sp³-hybridized carbons (Fsp3) is 0.286. The molecule has 0 amide bonds. The van der Waals surface area contributed by atoms with Gasteiger partial charge >= 0.3 is 0 Å². The molecule has 2 rings (SSSR count). The number of rotatable bonds is 2. The van der Waals surface area contributed by atoms with Crippen molar-refractivity contribution in [3.63, 3.8) is 0 Å². The smallest absolute Gasteiger partial charge is 0.254 e. The molecule has 1 aromatic carbocycles. The molecule has 0 aliphatic heterocycles. The molecule has 0 radical (unpaired) electrons. The van der Waals surface area contributed by atoms with E-state index in [1.54, 1.807) is 6.92 Å². The first kappa shape index (κ1) is 13.7. The number of hydrogen-bond acceptors (Lipinski definition) is 2. The number of benzene rings is 1. The summed E-state index contributed by atoms with van der Waals surface area (Å²) in [6.07, 6.45) is 0. The number of aromatic nitrogens is 2. The van der Waals surface area contributed by atoms with E-state index in [1.807, 2.05) is 13.8 Å². The number of halogens is 2. The van der Waals surface area contributed by atoms with Gasteiger partial charge in [0.15, 0.2) is 0 Å². The van der Waals surface area contributed by atoms with Gasteiger partial charge in [-0.05, 0) is 31.0 Å². The maximum atomic E-state index is 13.0. The molecule has 1 aromatic heterocycles. The van der Waals surface area contributed by atoms with Crippen LogP contribution in [0.25, 0.3) is 11.4 Å². The van der Waals surface area contributed by atoms with Crippen molar-refractivity contribution >= 4 is 11.6 Å². The fourth-order valence-corrected chi connectivity index (χ4v) is 2.34. The average molecular weight is 281 g/mol. The van der Waals surface area contributed by atoms with Crippen LogP contribution in [0.5, 0.6) is 0 Å². The Morgan fingerprint density at radius 3 is 2.58 bits per heavy atom. The molecule has 0 saturated carbocycles. The van der Waals surface area contributed by atoms with Crippen LogP contribution in [0.15, 0.2) is 23.0 Å². The van der Waals surface area contributed by atoms with Crippen molar-refractivity contribution in [2.45, 2.75) is 26.7 Å². The summed E-state index contributed by atoms with van der Waals surface area (Å²) in [6, 6.07) is 3.99. The van der Waals surface area contributed by atoms with Crippen molar-refractivity contribution in [1.29, 1.82) is 0 Å². The number of nitrogens with zero attached hydrogens (tertiary/aromatic N) is 1. The van der Waals surface area contributed by atoms with E-state index in [0.29, 0.717) is 22.6 Å². The average Bonchev–Trinajstić information content (AvgIpc) is 2.26. The largest absolute Gasteiger partial charge is 0.306 e. The normalized spacial score (nSPS) is 11.1. The van der Waals surface area contributed by atoms with Crippen molar-refractivity contribution in [2.24, 2.45) is 0 Å². The minimum atomic E-state index is -0.424. The highest BCUT2D eigenvalue weighted by Crippen LogP contribution is 2.26. The minimum absolute atomic E-state index is 0.0917. The van der Waals surface area contributed by atoms with Crippen LogP contribution in [-0.2, 0) is 0 Å². The highest BCUT2D eigenvalue weighted by atomic mass is 35.5. The predicted octanol–water partition coefficient (Wildman–Crippen LogP) is 3.66. The van der Waals surface area contributed by atoms with E-state index in [2.05, 4.69) is 9.97 Å². The molecule has 2 aromatic rings. The standard InChI is InChI=1S/C14H14ClFN2O/c1-7(2)12-8(3)17-13(18-14(12)19)10-5-4-9(16)6-11(10)15/h4-7H,1-3H3,(H,17,18,19). The first-order chi connectivity index (χ1) is 8.90. The van der Waals surface area contributed by atoms with E-state index in [4.69, 9.17) is 11.6 Å². The molecule has 1 N–H and O–H groups in total. The van der Waals surface area contributed by atoms with Crippen molar-refractivity contribution in [3.8, 4) is 11.4 Å². The third kappa shape index (κ3) is 2.68. The maximum Gasteiger partial charge on any atom is 0.254 e. The number of nitrogens with one attached hydrogen (secondary N) is 1. The first-order valence-corrected chi connectivity index (χ1v) is 6.34. The summed E-state index contributed by atoms with van der Waals surface area (Å²) in [4.78, 5) is 19.1. The van der Waals surface area contributed by atoms with Crippen molar-refractivity contribution in [3.05, 3.63) is 50.7 Å². The Bertz CT molecular complexity index is 680. The van der Waals surface area contributed by atoms with E-state index < -0.39 is 5.82 Å². The minimum Gasteiger partial charge on any atom is -0.306 e. The lowest BCUT2D eigenvalue weighted by Crippen LogP contribution is -2.18. The summed E-state index contributed by atoms with van der Waals surface area (Å²) in [7, 11) is 0. The molecule has 0 fully saturated rings. The molecule has 0 atom stereocenters. The Morgan fingerprint density at radius 2 is 2.05 bits per heavy atom. The Balaban J connectivity index is 2.62. The molecular formula is C14H14ClFN2O. The van der Waals surface area contributed by atoms with E-state index in [-0.39, 0.29) is 16.5 Å². The van der Waals surface area contributed by atoms with Crippen LogP contribution >= 0.6 is 11.6 Å². The van der Waals surface area contributed by atoms with Gasteiger partial charge in [-0.25, -0.2) is 9.37 Å². The number of hydrogen-bond donors (Lipinski definition) is 1. The highest BCUT2D eigenvalue weighted by Gasteiger charge is 2.14. The number of aryl methyl sites for hydroxylation is 1. The Morgan fingerprint density at radius 1 is 1.37 bits per heavy atom. The zero-order valence-corrected chi connectivity index (χ0v) is 11.7. The van der Waals surface area contributed by atoms with Crippen LogP contribution < -0.4 is 5.56 Å². The maximum absolute atomic E-state index is 13.0. The molecule has 0 saturated heterocycles. The van der Waals surface area contributed by atoms with Crippen LogP contribution in [-0.4, -0.2) is 9.97 Å². The van der Waals surface area contributed by atoms with Crippen LogP contribution in [0.3, 0.4) is 0 Å². The van der Waals surface area contributed by atoms with Gasteiger partial charge in [0.25, 0.3) is 5.56 Å². The monoisotopic (exact) mass is 280 g/mol. The lowest BCUT2D eigenvalue weighted by atomic mass is 10.0. The lowest BCUT2D eigenvalue weighted by Gasteiger charge is -2.10. The summed E-state index contributed by atoms with van der Waals surface area (Å²) in [5.41, 5.74) is 1.65. The van der Waals surface area contributed by atoms with Gasteiger partial charge in [-0.2, -0.15) is 0 Å². The molecule has 1 heterocycles. The molecule has 0 spiro atoms. The molecule has 0 unspecified atom stereocenters. The Hall–Kier alpha value is -1.68. The van der Waals surface area contributed by atoms with E-state index in [0.717, 1.165) is 0 Å². The third-order valence-corrected chi connectivity index (χ3v) is 3.22. The van der Waals surface area contributed by atoms with E-state index in [9.17, 15) is 9.18 Å². The molecule has 0 aliphatic carbocycles. The summed E-state index contributed by atoms with van der Waals surface area (Å²) in [5.74, 6) is 0.0255. The second kappa shape index (κ2) is 5.13. The molecule has 0 aliphatic rings.